The molecule has 2 aromatic rings. The van der Waals surface area contributed by atoms with Crippen LogP contribution < -0.4 is 10.1 Å². The number of nitro groups is 1. The number of nitrogens with one attached hydrogen (secondary N) is 1. The Balaban J connectivity index is 2.42. The molecule has 0 saturated heterocycles. The Hall–Kier alpha value is -1.26. The zero-order chi connectivity index (χ0) is 15.6. The van der Waals surface area contributed by atoms with E-state index in [-0.39, 0.29) is 11.6 Å². The van der Waals surface area contributed by atoms with Gasteiger partial charge in [0, 0.05) is 19.2 Å². The van der Waals surface area contributed by atoms with Crippen LogP contribution in [-0.4, -0.2) is 21.9 Å². The minimum atomic E-state index is -0.487. The Kier molecular flexibility index (Phi) is 5.12. The summed E-state index contributed by atoms with van der Waals surface area (Å²) in [6, 6.07) is 2.71. The highest BCUT2D eigenvalue weighted by Gasteiger charge is 2.17. The topological polar surface area (TPSA) is 90.2 Å². The van der Waals surface area contributed by atoms with Crippen LogP contribution in [0.15, 0.2) is 31.7 Å². The summed E-state index contributed by atoms with van der Waals surface area (Å²) in [5.74, 6) is 1.05. The normalized spacial score (nSPS) is 10.3. The second-order valence-corrected chi connectivity index (χ2v) is 6.26. The molecule has 21 heavy (non-hydrogen) atoms. The van der Waals surface area contributed by atoms with Crippen molar-refractivity contribution < 1.29 is 9.66 Å². The number of non-ortho nitro benzene ring substituents is 1. The predicted octanol–water partition coefficient (Wildman–Crippen LogP) is 4.51. The Labute approximate surface area is 144 Å². The first kappa shape index (κ1) is 16.1. The van der Waals surface area contributed by atoms with Gasteiger partial charge in [-0.15, -0.1) is 0 Å². The maximum Gasteiger partial charge on any atom is 0.271 e. The molecule has 0 amide bonds. The van der Waals surface area contributed by atoms with Crippen LogP contribution in [0.5, 0.6) is 11.6 Å². The Bertz CT molecular complexity index is 688. The van der Waals surface area contributed by atoms with Crippen molar-refractivity contribution in [3.8, 4) is 11.6 Å². The van der Waals surface area contributed by atoms with Crippen LogP contribution >= 0.6 is 47.8 Å². The standard InChI is InChI=1S/C11H7Br3N4O3/c1-15-11-16-4-8(14)10(17-11)21-9-6(12)2-5(18(19)20)3-7(9)13/h2-4H,1H3,(H,15,16,17). The van der Waals surface area contributed by atoms with Crippen molar-refractivity contribution in [2.24, 2.45) is 0 Å². The average molecular weight is 483 g/mol. The Morgan fingerprint density at radius 1 is 1.24 bits per heavy atom. The first-order valence-corrected chi connectivity index (χ1v) is 7.82. The monoisotopic (exact) mass is 480 g/mol. The van der Waals surface area contributed by atoms with Crippen molar-refractivity contribution in [3.63, 3.8) is 0 Å². The number of rotatable bonds is 4. The largest absolute Gasteiger partial charge is 0.435 e. The van der Waals surface area contributed by atoms with Crippen LogP contribution in [0.4, 0.5) is 11.6 Å². The van der Waals surface area contributed by atoms with Gasteiger partial charge in [-0.25, -0.2) is 4.98 Å². The van der Waals surface area contributed by atoms with Gasteiger partial charge < -0.3 is 10.1 Å². The van der Waals surface area contributed by atoms with Crippen molar-refractivity contribution in [1.82, 2.24) is 9.97 Å². The zero-order valence-electron chi connectivity index (χ0n) is 10.4. The number of anilines is 1. The fourth-order valence-corrected chi connectivity index (χ4v) is 2.99. The van der Waals surface area contributed by atoms with Crippen LogP contribution in [-0.2, 0) is 0 Å². The van der Waals surface area contributed by atoms with Gasteiger partial charge in [-0.05, 0) is 47.8 Å². The molecule has 110 valence electrons. The van der Waals surface area contributed by atoms with Crippen molar-refractivity contribution in [2.75, 3.05) is 12.4 Å². The zero-order valence-corrected chi connectivity index (χ0v) is 15.2. The van der Waals surface area contributed by atoms with Crippen LogP contribution in [0, 0.1) is 10.1 Å². The summed E-state index contributed by atoms with van der Waals surface area (Å²) in [5.41, 5.74) is -0.0567. The summed E-state index contributed by atoms with van der Waals surface area (Å²) in [7, 11) is 1.69. The molecule has 1 heterocycles. The van der Waals surface area contributed by atoms with Gasteiger partial charge in [0.25, 0.3) is 5.69 Å². The molecule has 10 heteroatoms. The Morgan fingerprint density at radius 3 is 2.38 bits per heavy atom. The average Bonchev–Trinajstić information content (AvgIpc) is 2.44. The fourth-order valence-electron chi connectivity index (χ4n) is 1.39. The van der Waals surface area contributed by atoms with E-state index in [1.54, 1.807) is 13.2 Å². The summed E-state index contributed by atoms with van der Waals surface area (Å²) >= 11 is 9.79. The molecule has 2 rings (SSSR count). The highest BCUT2D eigenvalue weighted by molar-refractivity contribution is 9.11. The molecule has 0 unspecified atom stereocenters. The number of ether oxygens (including phenoxy) is 1. The molecular formula is C11H7Br3N4O3. The van der Waals surface area contributed by atoms with Gasteiger partial charge in [0.15, 0.2) is 5.75 Å². The predicted molar refractivity (Wildman–Crippen MR) is 87.8 cm³/mol. The lowest BCUT2D eigenvalue weighted by Gasteiger charge is -2.11. The Morgan fingerprint density at radius 2 is 1.86 bits per heavy atom. The van der Waals surface area contributed by atoms with E-state index in [1.165, 1.54) is 12.1 Å². The molecule has 1 aromatic heterocycles. The van der Waals surface area contributed by atoms with E-state index >= 15 is 0 Å². The van der Waals surface area contributed by atoms with E-state index in [2.05, 4.69) is 63.1 Å². The summed E-state index contributed by atoms with van der Waals surface area (Å²) in [6.07, 6.45) is 1.54. The third kappa shape index (κ3) is 3.69. The molecule has 0 atom stereocenters. The third-order valence-corrected chi connectivity index (χ3v) is 4.05. The molecule has 0 aliphatic heterocycles. The maximum atomic E-state index is 10.8. The van der Waals surface area contributed by atoms with E-state index in [0.29, 0.717) is 25.1 Å². The third-order valence-electron chi connectivity index (χ3n) is 2.33. The highest BCUT2D eigenvalue weighted by atomic mass is 79.9. The molecule has 1 N–H and O–H groups in total. The van der Waals surface area contributed by atoms with E-state index in [1.807, 2.05) is 0 Å². The smallest absolute Gasteiger partial charge is 0.271 e. The second-order valence-electron chi connectivity index (χ2n) is 3.69. The first-order chi connectivity index (χ1) is 9.92. The molecule has 0 saturated carbocycles. The van der Waals surface area contributed by atoms with Gasteiger partial charge in [0.2, 0.25) is 11.8 Å². The van der Waals surface area contributed by atoms with E-state index in [0.717, 1.165) is 0 Å². The number of benzene rings is 1. The maximum absolute atomic E-state index is 10.8. The molecule has 0 bridgehead atoms. The molecule has 0 aliphatic rings. The molecular weight excluding hydrogens is 476 g/mol. The van der Waals surface area contributed by atoms with Gasteiger partial charge in [-0.1, -0.05) is 0 Å². The van der Waals surface area contributed by atoms with Gasteiger partial charge in [0.05, 0.1) is 24.5 Å². The van der Waals surface area contributed by atoms with Gasteiger partial charge in [0.1, 0.15) is 0 Å². The second kappa shape index (κ2) is 6.67. The van der Waals surface area contributed by atoms with Crippen LogP contribution in [0.25, 0.3) is 0 Å². The molecule has 7 nitrogen and oxygen atoms in total. The van der Waals surface area contributed by atoms with Gasteiger partial charge in [-0.3, -0.25) is 10.1 Å². The lowest BCUT2D eigenvalue weighted by atomic mass is 10.3. The number of halogens is 3. The van der Waals surface area contributed by atoms with Crippen LogP contribution in [0.1, 0.15) is 0 Å². The number of nitrogens with zero attached hydrogens (tertiary/aromatic N) is 3. The summed E-state index contributed by atoms with van der Waals surface area (Å²) in [5, 5.41) is 13.6. The first-order valence-electron chi connectivity index (χ1n) is 5.44. The molecule has 0 fully saturated rings. The van der Waals surface area contributed by atoms with Gasteiger partial charge >= 0.3 is 0 Å². The summed E-state index contributed by atoms with van der Waals surface area (Å²) < 4.78 is 7.11. The lowest BCUT2D eigenvalue weighted by Crippen LogP contribution is -1.99. The molecule has 0 spiro atoms. The van der Waals surface area contributed by atoms with Gasteiger partial charge in [-0.2, -0.15) is 4.98 Å². The minimum absolute atomic E-state index is 0.0567. The molecule has 1 aromatic carbocycles. The van der Waals surface area contributed by atoms with E-state index < -0.39 is 4.92 Å². The SMILES string of the molecule is CNc1ncc(Br)c(Oc2c(Br)cc([N+](=O)[O-])cc2Br)n1. The highest BCUT2D eigenvalue weighted by Crippen LogP contribution is 2.40. The lowest BCUT2D eigenvalue weighted by molar-refractivity contribution is -0.385. The van der Waals surface area contributed by atoms with Crippen LogP contribution in [0.3, 0.4) is 0 Å². The van der Waals surface area contributed by atoms with Crippen molar-refractivity contribution in [1.29, 1.82) is 0 Å². The minimum Gasteiger partial charge on any atom is -0.435 e. The molecule has 0 radical (unpaired) electrons. The van der Waals surface area contributed by atoms with Crippen LogP contribution in [0.2, 0.25) is 0 Å². The van der Waals surface area contributed by atoms with E-state index in [9.17, 15) is 10.1 Å². The molecule has 0 aliphatic carbocycles. The number of aromatic nitrogens is 2. The van der Waals surface area contributed by atoms with Crippen molar-refractivity contribution >= 4 is 59.4 Å². The van der Waals surface area contributed by atoms with Crippen molar-refractivity contribution in [3.05, 3.63) is 41.9 Å². The van der Waals surface area contributed by atoms with E-state index in [4.69, 9.17) is 4.74 Å². The number of hydrogen-bond acceptors (Lipinski definition) is 6. The number of nitro benzene ring substituents is 1. The quantitative estimate of drug-likeness (QED) is 0.509. The summed E-state index contributed by atoms with van der Waals surface area (Å²) in [4.78, 5) is 18.5. The summed E-state index contributed by atoms with van der Waals surface area (Å²) in [6.45, 7) is 0. The van der Waals surface area contributed by atoms with Crippen molar-refractivity contribution in [2.45, 2.75) is 0 Å². The fraction of sp³-hybridized carbons (Fsp3) is 0.0909. The number of hydrogen-bond donors (Lipinski definition) is 1.